The van der Waals surface area contributed by atoms with E-state index in [0.29, 0.717) is 6.54 Å². The number of nitrogens with one attached hydrogen (secondary N) is 2. The Morgan fingerprint density at radius 3 is 2.95 bits per heavy atom. The zero-order valence-corrected chi connectivity index (χ0v) is 11.7. The van der Waals surface area contributed by atoms with E-state index in [-0.39, 0.29) is 16.5 Å². The number of rotatable bonds is 3. The summed E-state index contributed by atoms with van der Waals surface area (Å²) < 4.78 is 40.3. The maximum atomic E-state index is 13.2. The third kappa shape index (κ3) is 3.54. The van der Waals surface area contributed by atoms with Crippen molar-refractivity contribution in [1.29, 1.82) is 5.26 Å². The second-order valence-electron chi connectivity index (χ2n) is 4.77. The van der Waals surface area contributed by atoms with Gasteiger partial charge in [0.05, 0.1) is 10.5 Å². The first kappa shape index (κ1) is 14.9. The van der Waals surface area contributed by atoms with Crippen LogP contribution in [0.2, 0.25) is 0 Å². The minimum Gasteiger partial charge on any atom is -0.315 e. The number of nitrogens with zero attached hydrogens (tertiary/aromatic N) is 1. The number of nitriles is 1. The molecule has 1 fully saturated rings. The number of benzene rings is 1. The van der Waals surface area contributed by atoms with Crippen molar-refractivity contribution < 1.29 is 12.8 Å². The molecule has 0 aromatic heterocycles. The van der Waals surface area contributed by atoms with Gasteiger partial charge in [-0.05, 0) is 37.6 Å². The van der Waals surface area contributed by atoms with E-state index >= 15 is 0 Å². The van der Waals surface area contributed by atoms with Crippen molar-refractivity contribution in [1.82, 2.24) is 10.0 Å². The Bertz CT molecular complexity index is 617. The summed E-state index contributed by atoms with van der Waals surface area (Å²) in [6.45, 7) is 1.46. The van der Waals surface area contributed by atoms with Crippen LogP contribution < -0.4 is 10.0 Å². The van der Waals surface area contributed by atoms with E-state index in [1.807, 2.05) is 0 Å². The predicted octanol–water partition coefficient (Wildman–Crippen LogP) is 1.12. The van der Waals surface area contributed by atoms with E-state index in [9.17, 15) is 12.8 Å². The Morgan fingerprint density at radius 2 is 2.20 bits per heavy atom. The highest BCUT2D eigenvalue weighted by Gasteiger charge is 2.22. The van der Waals surface area contributed by atoms with E-state index in [1.54, 1.807) is 6.07 Å². The maximum Gasteiger partial charge on any atom is 0.240 e. The summed E-state index contributed by atoms with van der Waals surface area (Å²) in [6, 6.07) is 4.68. The van der Waals surface area contributed by atoms with Gasteiger partial charge in [-0.15, -0.1) is 0 Å². The lowest BCUT2D eigenvalue weighted by Gasteiger charge is -2.16. The molecule has 20 heavy (non-hydrogen) atoms. The Hall–Kier alpha value is -1.49. The first-order chi connectivity index (χ1) is 9.53. The van der Waals surface area contributed by atoms with Crippen molar-refractivity contribution in [2.75, 3.05) is 13.1 Å². The van der Waals surface area contributed by atoms with Crippen LogP contribution in [0.25, 0.3) is 0 Å². The predicted molar refractivity (Wildman–Crippen MR) is 71.9 cm³/mol. The highest BCUT2D eigenvalue weighted by atomic mass is 32.2. The first-order valence-corrected chi connectivity index (χ1v) is 7.94. The van der Waals surface area contributed by atoms with E-state index in [2.05, 4.69) is 10.0 Å². The fourth-order valence-corrected chi connectivity index (χ4v) is 3.46. The summed E-state index contributed by atoms with van der Waals surface area (Å²) in [5.74, 6) is -0.720. The van der Waals surface area contributed by atoms with Gasteiger partial charge in [-0.3, -0.25) is 0 Å². The van der Waals surface area contributed by atoms with Crippen LogP contribution >= 0.6 is 0 Å². The standard InChI is InChI=1S/C13H16FN3O2S/c14-13-5-4-12(7-10(13)8-15)20(18,19)17-11-3-1-2-6-16-9-11/h4-5,7,11,16-17H,1-3,6,9H2. The van der Waals surface area contributed by atoms with Gasteiger partial charge in [-0.2, -0.15) is 5.26 Å². The SMILES string of the molecule is N#Cc1cc(S(=O)(=O)NC2CCCCNC2)ccc1F. The molecule has 0 spiro atoms. The summed E-state index contributed by atoms with van der Waals surface area (Å²) >= 11 is 0. The highest BCUT2D eigenvalue weighted by Crippen LogP contribution is 2.16. The molecule has 1 atom stereocenters. The quantitative estimate of drug-likeness (QED) is 0.876. The van der Waals surface area contributed by atoms with Crippen LogP contribution in [0.1, 0.15) is 24.8 Å². The summed E-state index contributed by atoms with van der Waals surface area (Å²) in [6.07, 6.45) is 2.74. The Labute approximate surface area is 117 Å². The van der Waals surface area contributed by atoms with Gasteiger partial charge in [0.2, 0.25) is 10.0 Å². The number of hydrogen-bond donors (Lipinski definition) is 2. The molecule has 0 radical (unpaired) electrons. The minimum absolute atomic E-state index is 0.0836. The van der Waals surface area contributed by atoms with Crippen LogP contribution in [0.4, 0.5) is 4.39 Å². The van der Waals surface area contributed by atoms with Gasteiger partial charge in [0.1, 0.15) is 11.9 Å². The largest absolute Gasteiger partial charge is 0.315 e. The Morgan fingerprint density at radius 1 is 1.40 bits per heavy atom. The van der Waals surface area contributed by atoms with Crippen molar-refractivity contribution in [2.24, 2.45) is 0 Å². The summed E-state index contributed by atoms with van der Waals surface area (Å²) in [5, 5.41) is 11.9. The average Bonchev–Trinajstić information content (AvgIpc) is 2.67. The van der Waals surface area contributed by atoms with Crippen LogP contribution in [0.5, 0.6) is 0 Å². The third-order valence-electron chi connectivity index (χ3n) is 3.24. The molecular formula is C13H16FN3O2S. The molecule has 5 nitrogen and oxygen atoms in total. The third-order valence-corrected chi connectivity index (χ3v) is 4.76. The topological polar surface area (TPSA) is 82.0 Å². The van der Waals surface area contributed by atoms with Crippen molar-refractivity contribution >= 4 is 10.0 Å². The second kappa shape index (κ2) is 6.31. The van der Waals surface area contributed by atoms with Crippen molar-refractivity contribution in [2.45, 2.75) is 30.2 Å². The molecule has 1 aliphatic heterocycles. The molecular weight excluding hydrogens is 281 g/mol. The van der Waals surface area contributed by atoms with E-state index < -0.39 is 15.8 Å². The molecule has 1 aromatic carbocycles. The van der Waals surface area contributed by atoms with Gasteiger partial charge in [-0.1, -0.05) is 6.42 Å². The summed E-state index contributed by atoms with van der Waals surface area (Å²) in [5.41, 5.74) is -0.271. The summed E-state index contributed by atoms with van der Waals surface area (Å²) in [7, 11) is -3.73. The molecule has 0 saturated carbocycles. The van der Waals surface area contributed by atoms with Gasteiger partial charge in [0.25, 0.3) is 0 Å². The number of sulfonamides is 1. The molecule has 1 aliphatic rings. The molecule has 1 saturated heterocycles. The summed E-state index contributed by atoms with van der Waals surface area (Å²) in [4.78, 5) is -0.0836. The second-order valence-corrected chi connectivity index (χ2v) is 6.49. The van der Waals surface area contributed by atoms with E-state index in [4.69, 9.17) is 5.26 Å². The lowest BCUT2D eigenvalue weighted by atomic mass is 10.2. The van der Waals surface area contributed by atoms with Gasteiger partial charge < -0.3 is 5.32 Å². The van der Waals surface area contributed by atoms with Crippen molar-refractivity contribution in [3.63, 3.8) is 0 Å². The van der Waals surface area contributed by atoms with Gasteiger partial charge in [-0.25, -0.2) is 17.5 Å². The molecule has 0 amide bonds. The molecule has 7 heteroatoms. The molecule has 0 bridgehead atoms. The van der Waals surface area contributed by atoms with E-state index in [1.165, 1.54) is 6.07 Å². The lowest BCUT2D eigenvalue weighted by Crippen LogP contribution is -2.40. The molecule has 108 valence electrons. The van der Waals surface area contributed by atoms with Crippen molar-refractivity contribution in [3.05, 3.63) is 29.6 Å². The fourth-order valence-electron chi connectivity index (χ4n) is 2.16. The fraction of sp³-hybridized carbons (Fsp3) is 0.462. The molecule has 2 rings (SSSR count). The molecule has 1 heterocycles. The number of halogens is 1. The average molecular weight is 297 g/mol. The van der Waals surface area contributed by atoms with Crippen LogP contribution in [-0.4, -0.2) is 27.5 Å². The smallest absolute Gasteiger partial charge is 0.240 e. The zero-order valence-electron chi connectivity index (χ0n) is 10.9. The Kier molecular flexibility index (Phi) is 4.70. The first-order valence-electron chi connectivity index (χ1n) is 6.45. The Balaban J connectivity index is 2.19. The van der Waals surface area contributed by atoms with Crippen LogP contribution in [0, 0.1) is 17.1 Å². The van der Waals surface area contributed by atoms with E-state index in [0.717, 1.165) is 37.9 Å². The molecule has 2 N–H and O–H groups in total. The molecule has 1 aromatic rings. The van der Waals surface area contributed by atoms with Gasteiger partial charge >= 0.3 is 0 Å². The number of hydrogen-bond acceptors (Lipinski definition) is 4. The van der Waals surface area contributed by atoms with Gasteiger partial charge in [0.15, 0.2) is 0 Å². The maximum absolute atomic E-state index is 13.2. The highest BCUT2D eigenvalue weighted by molar-refractivity contribution is 7.89. The van der Waals surface area contributed by atoms with Crippen LogP contribution in [-0.2, 0) is 10.0 Å². The lowest BCUT2D eigenvalue weighted by molar-refractivity contribution is 0.521. The van der Waals surface area contributed by atoms with Gasteiger partial charge in [0, 0.05) is 12.6 Å². The molecule has 0 aliphatic carbocycles. The normalized spacial score (nSPS) is 20.1. The van der Waals surface area contributed by atoms with Crippen LogP contribution in [0.15, 0.2) is 23.1 Å². The molecule has 1 unspecified atom stereocenters. The zero-order chi connectivity index (χ0) is 14.6. The van der Waals surface area contributed by atoms with Crippen molar-refractivity contribution in [3.8, 4) is 6.07 Å². The van der Waals surface area contributed by atoms with Crippen LogP contribution in [0.3, 0.4) is 0 Å². The monoisotopic (exact) mass is 297 g/mol. The minimum atomic E-state index is -3.73.